The van der Waals surface area contributed by atoms with Gasteiger partial charge in [0, 0.05) is 23.3 Å². The lowest BCUT2D eigenvalue weighted by Crippen LogP contribution is -2.53. The van der Waals surface area contributed by atoms with E-state index in [2.05, 4.69) is 24.8 Å². The Hall–Kier alpha value is -0.770. The van der Waals surface area contributed by atoms with Gasteiger partial charge in [-0.2, -0.15) is 0 Å². The van der Waals surface area contributed by atoms with Gasteiger partial charge in [0.1, 0.15) is 0 Å². The molecule has 0 amide bonds. The number of rotatable bonds is 3. The number of morpholine rings is 1. The lowest BCUT2D eigenvalue weighted by molar-refractivity contribution is 0.0643. The highest BCUT2D eigenvalue weighted by molar-refractivity contribution is 6.30. The van der Waals surface area contributed by atoms with Gasteiger partial charge in [-0.1, -0.05) is 17.7 Å². The van der Waals surface area contributed by atoms with Gasteiger partial charge in [0.2, 0.25) is 0 Å². The number of hydrogen-bond donors (Lipinski definition) is 1. The molecule has 1 aliphatic rings. The number of nitrogens with zero attached hydrogens (tertiary/aromatic N) is 1. The Balaban J connectivity index is 2.38. The van der Waals surface area contributed by atoms with Gasteiger partial charge < -0.3 is 15.4 Å². The highest BCUT2D eigenvalue weighted by Crippen LogP contribution is 2.32. The first-order valence-corrected chi connectivity index (χ1v) is 7.17. The highest BCUT2D eigenvalue weighted by Gasteiger charge is 2.32. The molecule has 0 saturated carbocycles. The zero-order valence-electron chi connectivity index (χ0n) is 11.9. The van der Waals surface area contributed by atoms with E-state index in [4.69, 9.17) is 22.1 Å². The van der Waals surface area contributed by atoms with Crippen molar-refractivity contribution in [1.82, 2.24) is 0 Å². The Bertz CT molecular complexity index is 446. The second-order valence-corrected chi connectivity index (χ2v) is 6.41. The predicted molar refractivity (Wildman–Crippen MR) is 81.0 cm³/mol. The predicted octanol–water partition coefficient (Wildman–Crippen LogP) is 2.84. The van der Waals surface area contributed by atoms with E-state index in [1.165, 1.54) is 11.3 Å². The molecule has 4 heteroatoms. The SMILES string of the molecule is CC(N)Cc1ccc(Cl)cc1N1CCOCC1(C)C. The summed E-state index contributed by atoms with van der Waals surface area (Å²) in [6, 6.07) is 6.22. The van der Waals surface area contributed by atoms with Crippen LogP contribution in [0.1, 0.15) is 26.3 Å². The van der Waals surface area contributed by atoms with Gasteiger partial charge in [-0.3, -0.25) is 0 Å². The van der Waals surface area contributed by atoms with Crippen LogP contribution in [0.5, 0.6) is 0 Å². The normalized spacial score (nSPS) is 20.4. The van der Waals surface area contributed by atoms with Crippen LogP contribution in [0.15, 0.2) is 18.2 Å². The molecule has 1 aromatic rings. The third-order valence-corrected chi connectivity index (χ3v) is 3.76. The average molecular weight is 283 g/mol. The van der Waals surface area contributed by atoms with E-state index < -0.39 is 0 Å². The van der Waals surface area contributed by atoms with E-state index in [9.17, 15) is 0 Å². The average Bonchev–Trinajstić information content (AvgIpc) is 2.31. The molecule has 3 nitrogen and oxygen atoms in total. The van der Waals surface area contributed by atoms with Gasteiger partial charge in [-0.05, 0) is 44.9 Å². The van der Waals surface area contributed by atoms with Crippen molar-refractivity contribution >= 4 is 17.3 Å². The van der Waals surface area contributed by atoms with Crippen LogP contribution in [0.4, 0.5) is 5.69 Å². The standard InChI is InChI=1S/C15H23ClN2O/c1-11(17)8-12-4-5-13(16)9-14(12)18-6-7-19-10-15(18,2)3/h4-5,9,11H,6-8,10,17H2,1-3H3. The molecule has 1 unspecified atom stereocenters. The first-order valence-electron chi connectivity index (χ1n) is 6.79. The molecule has 106 valence electrons. The Morgan fingerprint density at radius 3 is 2.84 bits per heavy atom. The Morgan fingerprint density at radius 2 is 2.21 bits per heavy atom. The van der Waals surface area contributed by atoms with E-state index in [0.29, 0.717) is 0 Å². The molecule has 0 aromatic heterocycles. The summed E-state index contributed by atoms with van der Waals surface area (Å²) in [6.45, 7) is 8.80. The minimum Gasteiger partial charge on any atom is -0.377 e. The van der Waals surface area contributed by atoms with E-state index >= 15 is 0 Å². The third kappa shape index (κ3) is 3.41. The first kappa shape index (κ1) is 14.6. The van der Waals surface area contributed by atoms with Crippen LogP contribution in [-0.4, -0.2) is 31.3 Å². The van der Waals surface area contributed by atoms with Crippen molar-refractivity contribution in [1.29, 1.82) is 0 Å². The van der Waals surface area contributed by atoms with Crippen LogP contribution in [-0.2, 0) is 11.2 Å². The quantitative estimate of drug-likeness (QED) is 0.926. The summed E-state index contributed by atoms with van der Waals surface area (Å²) in [5, 5.41) is 0.769. The van der Waals surface area contributed by atoms with Crippen molar-refractivity contribution in [2.45, 2.75) is 38.8 Å². The van der Waals surface area contributed by atoms with Crippen molar-refractivity contribution in [3.63, 3.8) is 0 Å². The largest absolute Gasteiger partial charge is 0.377 e. The molecule has 19 heavy (non-hydrogen) atoms. The van der Waals surface area contributed by atoms with Gasteiger partial charge in [-0.15, -0.1) is 0 Å². The molecule has 1 atom stereocenters. The molecule has 1 saturated heterocycles. The maximum absolute atomic E-state index is 6.18. The smallest absolute Gasteiger partial charge is 0.0694 e. The number of hydrogen-bond acceptors (Lipinski definition) is 3. The second-order valence-electron chi connectivity index (χ2n) is 5.97. The Morgan fingerprint density at radius 1 is 1.47 bits per heavy atom. The van der Waals surface area contributed by atoms with Crippen LogP contribution in [0.3, 0.4) is 0 Å². The summed E-state index contributed by atoms with van der Waals surface area (Å²) in [6.07, 6.45) is 0.861. The molecule has 1 heterocycles. The molecular formula is C15H23ClN2O. The molecule has 1 aliphatic heterocycles. The van der Waals surface area contributed by atoms with Crippen molar-refractivity contribution in [3.05, 3.63) is 28.8 Å². The zero-order chi connectivity index (χ0) is 14.0. The monoisotopic (exact) mass is 282 g/mol. The van der Waals surface area contributed by atoms with E-state index in [1.54, 1.807) is 0 Å². The molecule has 0 spiro atoms. The third-order valence-electron chi connectivity index (χ3n) is 3.53. The van der Waals surface area contributed by atoms with Crippen molar-refractivity contribution < 1.29 is 4.74 Å². The van der Waals surface area contributed by atoms with Crippen molar-refractivity contribution in [2.24, 2.45) is 5.73 Å². The summed E-state index contributed by atoms with van der Waals surface area (Å²) in [7, 11) is 0. The maximum Gasteiger partial charge on any atom is 0.0694 e. The molecule has 1 aromatic carbocycles. The lowest BCUT2D eigenvalue weighted by Gasteiger charge is -2.44. The summed E-state index contributed by atoms with van der Waals surface area (Å²) >= 11 is 6.18. The summed E-state index contributed by atoms with van der Waals surface area (Å²) in [5.41, 5.74) is 8.39. The minimum atomic E-state index is -0.0183. The molecule has 0 bridgehead atoms. The summed E-state index contributed by atoms with van der Waals surface area (Å²) in [5.74, 6) is 0. The van der Waals surface area contributed by atoms with Crippen molar-refractivity contribution in [2.75, 3.05) is 24.7 Å². The van der Waals surface area contributed by atoms with Gasteiger partial charge in [0.25, 0.3) is 0 Å². The molecule has 2 N–H and O–H groups in total. The van der Waals surface area contributed by atoms with E-state index in [-0.39, 0.29) is 11.6 Å². The summed E-state index contributed by atoms with van der Waals surface area (Å²) in [4.78, 5) is 2.39. The molecule has 0 aliphatic carbocycles. The first-order chi connectivity index (χ1) is 8.90. The molecule has 1 fully saturated rings. The minimum absolute atomic E-state index is 0.0183. The van der Waals surface area contributed by atoms with Gasteiger partial charge in [0.05, 0.1) is 18.8 Å². The fraction of sp³-hybridized carbons (Fsp3) is 0.600. The van der Waals surface area contributed by atoms with Gasteiger partial charge in [0.15, 0.2) is 0 Å². The van der Waals surface area contributed by atoms with Crippen molar-refractivity contribution in [3.8, 4) is 0 Å². The Labute approximate surface area is 120 Å². The Kier molecular flexibility index (Phi) is 4.39. The highest BCUT2D eigenvalue weighted by atomic mass is 35.5. The van der Waals surface area contributed by atoms with Crippen LogP contribution >= 0.6 is 11.6 Å². The number of nitrogens with two attached hydrogens (primary N) is 1. The van der Waals surface area contributed by atoms with E-state index in [0.717, 1.165) is 31.2 Å². The molecule has 2 rings (SSSR count). The molecular weight excluding hydrogens is 260 g/mol. The van der Waals surface area contributed by atoms with Gasteiger partial charge >= 0.3 is 0 Å². The fourth-order valence-electron chi connectivity index (χ4n) is 2.61. The maximum atomic E-state index is 6.18. The second kappa shape index (κ2) is 5.70. The number of anilines is 1. The zero-order valence-corrected chi connectivity index (χ0v) is 12.7. The molecule has 0 radical (unpaired) electrons. The number of benzene rings is 1. The number of halogens is 1. The lowest BCUT2D eigenvalue weighted by atomic mass is 9.97. The van der Waals surface area contributed by atoms with Gasteiger partial charge in [-0.25, -0.2) is 0 Å². The summed E-state index contributed by atoms with van der Waals surface area (Å²) < 4.78 is 5.59. The topological polar surface area (TPSA) is 38.5 Å². The number of ether oxygens (including phenoxy) is 1. The fourth-order valence-corrected chi connectivity index (χ4v) is 2.78. The van der Waals surface area contributed by atoms with Crippen LogP contribution in [0.25, 0.3) is 0 Å². The van der Waals surface area contributed by atoms with Crippen LogP contribution in [0.2, 0.25) is 5.02 Å². The van der Waals surface area contributed by atoms with Crippen LogP contribution in [0, 0.1) is 0 Å². The van der Waals surface area contributed by atoms with E-state index in [1.807, 2.05) is 19.1 Å². The van der Waals surface area contributed by atoms with Crippen LogP contribution < -0.4 is 10.6 Å².